The zero-order chi connectivity index (χ0) is 17.5. The number of unbranched alkanes of at least 4 members (excludes halogenated alkanes) is 1. The van der Waals surface area contributed by atoms with E-state index in [1.165, 1.54) is 18.4 Å². The predicted octanol–water partition coefficient (Wildman–Crippen LogP) is 4.71. The van der Waals surface area contributed by atoms with Gasteiger partial charge in [-0.15, -0.1) is 0 Å². The molecule has 134 valence electrons. The third-order valence-electron chi connectivity index (χ3n) is 5.06. The highest BCUT2D eigenvalue weighted by molar-refractivity contribution is 5.47. The minimum Gasteiger partial charge on any atom is -0.369 e. The Morgan fingerprint density at radius 3 is 2.68 bits per heavy atom. The van der Waals surface area contributed by atoms with Crippen molar-refractivity contribution in [2.75, 3.05) is 18.0 Å². The van der Waals surface area contributed by atoms with Crippen molar-refractivity contribution in [3.63, 3.8) is 0 Å². The van der Waals surface area contributed by atoms with Gasteiger partial charge in [0.25, 0.3) is 0 Å². The second-order valence-corrected chi connectivity index (χ2v) is 6.86. The largest absolute Gasteiger partial charge is 0.369 e. The van der Waals surface area contributed by atoms with E-state index in [1.54, 1.807) is 12.1 Å². The highest BCUT2D eigenvalue weighted by atomic mass is 19.1. The normalized spacial score (nSPS) is 16.8. The molecule has 0 saturated carbocycles. The highest BCUT2D eigenvalue weighted by Gasteiger charge is 2.23. The third-order valence-corrected chi connectivity index (χ3v) is 5.06. The Kier molecular flexibility index (Phi) is 6.40. The fourth-order valence-electron chi connectivity index (χ4n) is 3.62. The van der Waals surface area contributed by atoms with Crippen LogP contribution in [0.15, 0.2) is 48.8 Å². The van der Waals surface area contributed by atoms with Gasteiger partial charge < -0.3 is 10.2 Å². The van der Waals surface area contributed by atoms with E-state index in [2.05, 4.69) is 28.2 Å². The molecule has 1 atom stereocenters. The molecule has 1 aromatic heterocycles. The Bertz CT molecular complexity index is 639. The lowest BCUT2D eigenvalue weighted by Crippen LogP contribution is -2.44. The van der Waals surface area contributed by atoms with Gasteiger partial charge in [-0.2, -0.15) is 0 Å². The summed E-state index contributed by atoms with van der Waals surface area (Å²) in [7, 11) is 0. The molecule has 2 heterocycles. The number of hydrogen-bond donors (Lipinski definition) is 1. The summed E-state index contributed by atoms with van der Waals surface area (Å²) < 4.78 is 14.0. The van der Waals surface area contributed by atoms with E-state index in [-0.39, 0.29) is 5.82 Å². The standard InChI is InChI=1S/C21H28FN3/c1-2-3-9-20(17-7-6-13-23-16-17)24-18-11-14-25(15-12-18)21-10-5-4-8-19(21)22/h4-8,10,13,16,18,20,24H,2-3,9,11-12,14-15H2,1H3. The van der Waals surface area contributed by atoms with Gasteiger partial charge in [0.1, 0.15) is 5.82 Å². The summed E-state index contributed by atoms with van der Waals surface area (Å²) in [6.45, 7) is 4.02. The molecule has 4 heteroatoms. The molecule has 0 amide bonds. The van der Waals surface area contributed by atoms with Crippen LogP contribution in [0.2, 0.25) is 0 Å². The number of aromatic nitrogens is 1. The Hall–Kier alpha value is -1.94. The van der Waals surface area contributed by atoms with E-state index in [1.807, 2.05) is 30.6 Å². The Labute approximate surface area is 150 Å². The van der Waals surface area contributed by atoms with Crippen LogP contribution in [0, 0.1) is 5.82 Å². The number of hydrogen-bond acceptors (Lipinski definition) is 3. The van der Waals surface area contributed by atoms with Crippen LogP contribution in [0.3, 0.4) is 0 Å². The molecule has 25 heavy (non-hydrogen) atoms. The van der Waals surface area contributed by atoms with E-state index < -0.39 is 0 Å². The van der Waals surface area contributed by atoms with Gasteiger partial charge >= 0.3 is 0 Å². The van der Waals surface area contributed by atoms with Crippen LogP contribution in [0.25, 0.3) is 0 Å². The monoisotopic (exact) mass is 341 g/mol. The first-order chi connectivity index (χ1) is 12.3. The van der Waals surface area contributed by atoms with Gasteiger partial charge in [0.15, 0.2) is 0 Å². The van der Waals surface area contributed by atoms with E-state index >= 15 is 0 Å². The second kappa shape index (κ2) is 8.95. The van der Waals surface area contributed by atoms with Crippen molar-refractivity contribution < 1.29 is 4.39 Å². The number of rotatable bonds is 7. The minimum atomic E-state index is -0.120. The van der Waals surface area contributed by atoms with E-state index in [0.29, 0.717) is 12.1 Å². The van der Waals surface area contributed by atoms with Crippen molar-refractivity contribution >= 4 is 5.69 Å². The van der Waals surface area contributed by atoms with Crippen molar-refractivity contribution in [2.45, 2.75) is 51.1 Å². The fraction of sp³-hybridized carbons (Fsp3) is 0.476. The summed E-state index contributed by atoms with van der Waals surface area (Å²) in [6, 6.07) is 12.1. The van der Waals surface area contributed by atoms with E-state index in [4.69, 9.17) is 0 Å². The third kappa shape index (κ3) is 4.79. The molecule has 3 nitrogen and oxygen atoms in total. The number of nitrogens with zero attached hydrogens (tertiary/aromatic N) is 2. The molecule has 2 aromatic rings. The van der Waals surface area contributed by atoms with Crippen LogP contribution in [0.4, 0.5) is 10.1 Å². The van der Waals surface area contributed by atoms with Crippen molar-refractivity contribution in [2.24, 2.45) is 0 Å². The lowest BCUT2D eigenvalue weighted by Gasteiger charge is -2.36. The molecule has 0 bridgehead atoms. The topological polar surface area (TPSA) is 28.2 Å². The van der Waals surface area contributed by atoms with Crippen molar-refractivity contribution in [1.29, 1.82) is 0 Å². The average molecular weight is 341 g/mol. The van der Waals surface area contributed by atoms with Gasteiger partial charge in [0, 0.05) is 37.6 Å². The quantitative estimate of drug-likeness (QED) is 0.790. The number of anilines is 1. The maximum Gasteiger partial charge on any atom is 0.146 e. The maximum atomic E-state index is 14.0. The van der Waals surface area contributed by atoms with Crippen LogP contribution in [0.5, 0.6) is 0 Å². The van der Waals surface area contributed by atoms with Gasteiger partial charge in [-0.3, -0.25) is 4.98 Å². The van der Waals surface area contributed by atoms with Gasteiger partial charge in [-0.25, -0.2) is 4.39 Å². The first-order valence-electron chi connectivity index (χ1n) is 9.43. The SMILES string of the molecule is CCCCC(NC1CCN(c2ccccc2F)CC1)c1cccnc1. The summed E-state index contributed by atoms with van der Waals surface area (Å²) in [5.74, 6) is -0.120. The fourth-order valence-corrected chi connectivity index (χ4v) is 3.62. The molecule has 0 spiro atoms. The highest BCUT2D eigenvalue weighted by Crippen LogP contribution is 2.25. The van der Waals surface area contributed by atoms with Gasteiger partial charge in [-0.1, -0.05) is 38.0 Å². The lowest BCUT2D eigenvalue weighted by molar-refractivity contribution is 0.352. The number of halogens is 1. The van der Waals surface area contributed by atoms with Crippen LogP contribution in [-0.4, -0.2) is 24.1 Å². The maximum absolute atomic E-state index is 14.0. The average Bonchev–Trinajstić information content (AvgIpc) is 2.67. The minimum absolute atomic E-state index is 0.120. The molecule has 1 aromatic carbocycles. The molecule has 1 aliphatic rings. The van der Waals surface area contributed by atoms with Crippen LogP contribution in [0.1, 0.15) is 50.6 Å². The molecule has 1 unspecified atom stereocenters. The molecular formula is C21H28FN3. The van der Waals surface area contributed by atoms with Crippen molar-refractivity contribution in [1.82, 2.24) is 10.3 Å². The Balaban J connectivity index is 1.59. The van der Waals surface area contributed by atoms with Crippen molar-refractivity contribution in [3.8, 4) is 0 Å². The van der Waals surface area contributed by atoms with Gasteiger partial charge in [-0.05, 0) is 43.0 Å². The lowest BCUT2D eigenvalue weighted by atomic mass is 9.98. The number of benzene rings is 1. The summed E-state index contributed by atoms with van der Waals surface area (Å²) in [5.41, 5.74) is 2.00. The number of piperidine rings is 1. The number of pyridine rings is 1. The summed E-state index contributed by atoms with van der Waals surface area (Å²) in [4.78, 5) is 6.44. The zero-order valence-corrected chi connectivity index (χ0v) is 15.0. The first-order valence-corrected chi connectivity index (χ1v) is 9.43. The Morgan fingerprint density at radius 2 is 2.00 bits per heavy atom. The van der Waals surface area contributed by atoms with Crippen LogP contribution < -0.4 is 10.2 Å². The Morgan fingerprint density at radius 1 is 1.20 bits per heavy atom. The van der Waals surface area contributed by atoms with Crippen LogP contribution >= 0.6 is 0 Å². The molecule has 3 rings (SSSR count). The zero-order valence-electron chi connectivity index (χ0n) is 15.0. The molecule has 1 fully saturated rings. The number of nitrogens with one attached hydrogen (secondary N) is 1. The first kappa shape index (κ1) is 17.9. The van der Waals surface area contributed by atoms with Crippen LogP contribution in [-0.2, 0) is 0 Å². The number of para-hydroxylation sites is 1. The molecule has 1 N–H and O–H groups in total. The molecule has 1 saturated heterocycles. The van der Waals surface area contributed by atoms with E-state index in [0.717, 1.165) is 38.0 Å². The summed E-state index contributed by atoms with van der Waals surface area (Å²) >= 11 is 0. The predicted molar refractivity (Wildman–Crippen MR) is 101 cm³/mol. The molecule has 0 aliphatic carbocycles. The smallest absolute Gasteiger partial charge is 0.146 e. The van der Waals surface area contributed by atoms with Gasteiger partial charge in [0.05, 0.1) is 5.69 Å². The van der Waals surface area contributed by atoms with E-state index in [9.17, 15) is 4.39 Å². The molecular weight excluding hydrogens is 313 g/mol. The van der Waals surface area contributed by atoms with Crippen molar-refractivity contribution in [3.05, 3.63) is 60.2 Å². The summed E-state index contributed by atoms with van der Waals surface area (Å²) in [6.07, 6.45) is 9.42. The summed E-state index contributed by atoms with van der Waals surface area (Å²) in [5, 5.41) is 3.83. The second-order valence-electron chi connectivity index (χ2n) is 6.86. The molecule has 1 aliphatic heterocycles. The molecule has 0 radical (unpaired) electrons. The van der Waals surface area contributed by atoms with Gasteiger partial charge in [0.2, 0.25) is 0 Å².